The maximum absolute atomic E-state index is 6.11. The molecule has 0 aromatic rings. The SMILES string of the molecule is CCOC1C[C@@H]2CC3(C[C@@H]2C1)OCC(C)(C)CO3. The largest absolute Gasteiger partial charge is 0.378 e. The summed E-state index contributed by atoms with van der Waals surface area (Å²) >= 11 is 0. The quantitative estimate of drug-likeness (QED) is 0.758. The smallest absolute Gasteiger partial charge is 0.168 e. The molecule has 3 rings (SSSR count). The second kappa shape index (κ2) is 4.46. The fraction of sp³-hybridized carbons (Fsp3) is 1.00. The Morgan fingerprint density at radius 2 is 1.61 bits per heavy atom. The summed E-state index contributed by atoms with van der Waals surface area (Å²) in [5.41, 5.74) is 0.177. The first-order valence-electron chi connectivity index (χ1n) is 7.41. The zero-order valence-electron chi connectivity index (χ0n) is 11.9. The molecule has 0 aromatic carbocycles. The van der Waals surface area contributed by atoms with E-state index in [1.165, 1.54) is 12.8 Å². The van der Waals surface area contributed by atoms with Crippen molar-refractivity contribution >= 4 is 0 Å². The van der Waals surface area contributed by atoms with Gasteiger partial charge in [0.15, 0.2) is 5.79 Å². The maximum atomic E-state index is 6.11. The van der Waals surface area contributed by atoms with Crippen LogP contribution in [0, 0.1) is 17.3 Å². The molecular formula is C15H26O3. The molecule has 3 heteroatoms. The molecule has 3 fully saturated rings. The summed E-state index contributed by atoms with van der Waals surface area (Å²) < 4.78 is 18.0. The normalized spacial score (nSPS) is 41.2. The molecule has 1 heterocycles. The lowest BCUT2D eigenvalue weighted by Crippen LogP contribution is -2.46. The van der Waals surface area contributed by atoms with Gasteiger partial charge in [-0.15, -0.1) is 0 Å². The summed E-state index contributed by atoms with van der Waals surface area (Å²) in [5.74, 6) is 1.26. The zero-order chi connectivity index (χ0) is 12.8. The van der Waals surface area contributed by atoms with E-state index in [0.29, 0.717) is 6.10 Å². The summed E-state index contributed by atoms with van der Waals surface area (Å²) in [6.07, 6.45) is 5.06. The number of hydrogen-bond donors (Lipinski definition) is 0. The minimum atomic E-state index is -0.248. The molecule has 1 unspecified atom stereocenters. The van der Waals surface area contributed by atoms with Crippen LogP contribution in [-0.2, 0) is 14.2 Å². The van der Waals surface area contributed by atoms with E-state index in [1.807, 2.05) is 0 Å². The minimum absolute atomic E-state index is 0.177. The van der Waals surface area contributed by atoms with Crippen LogP contribution < -0.4 is 0 Å². The van der Waals surface area contributed by atoms with Gasteiger partial charge in [-0.1, -0.05) is 13.8 Å². The van der Waals surface area contributed by atoms with E-state index >= 15 is 0 Å². The number of hydrogen-bond acceptors (Lipinski definition) is 3. The topological polar surface area (TPSA) is 27.7 Å². The van der Waals surface area contributed by atoms with Crippen molar-refractivity contribution in [3.05, 3.63) is 0 Å². The van der Waals surface area contributed by atoms with E-state index in [9.17, 15) is 0 Å². The molecule has 1 aliphatic heterocycles. The molecule has 3 aliphatic rings. The Hall–Kier alpha value is -0.120. The fourth-order valence-electron chi connectivity index (χ4n) is 3.88. The zero-order valence-corrected chi connectivity index (χ0v) is 11.9. The van der Waals surface area contributed by atoms with Crippen LogP contribution >= 0.6 is 0 Å². The van der Waals surface area contributed by atoms with Crippen molar-refractivity contribution in [2.24, 2.45) is 17.3 Å². The first kappa shape index (κ1) is 12.9. The molecule has 0 N–H and O–H groups in total. The molecule has 18 heavy (non-hydrogen) atoms. The van der Waals surface area contributed by atoms with Crippen LogP contribution in [0.25, 0.3) is 0 Å². The van der Waals surface area contributed by atoms with Crippen LogP contribution in [-0.4, -0.2) is 31.7 Å². The van der Waals surface area contributed by atoms with Crippen LogP contribution in [0.15, 0.2) is 0 Å². The van der Waals surface area contributed by atoms with Crippen molar-refractivity contribution in [3.63, 3.8) is 0 Å². The Labute approximate surface area is 110 Å². The monoisotopic (exact) mass is 254 g/mol. The Balaban J connectivity index is 1.58. The van der Waals surface area contributed by atoms with Crippen molar-refractivity contribution in [1.29, 1.82) is 0 Å². The van der Waals surface area contributed by atoms with Gasteiger partial charge < -0.3 is 14.2 Å². The molecular weight excluding hydrogens is 228 g/mol. The molecule has 3 atom stereocenters. The summed E-state index contributed by atoms with van der Waals surface area (Å²) in [4.78, 5) is 0. The standard InChI is InChI=1S/C15H26O3/c1-4-16-13-5-11-7-15(8-12(11)6-13)17-9-14(2,3)10-18-15/h11-13H,4-10H2,1-3H3/t11-,12+,13?. The molecule has 0 aromatic heterocycles. The lowest BCUT2D eigenvalue weighted by atomic mass is 9.94. The van der Waals surface area contributed by atoms with Crippen LogP contribution in [0.1, 0.15) is 46.5 Å². The number of fused-ring (bicyclic) bond motifs is 1. The molecule has 0 bridgehead atoms. The summed E-state index contributed by atoms with van der Waals surface area (Å²) in [6, 6.07) is 0. The lowest BCUT2D eigenvalue weighted by molar-refractivity contribution is -0.297. The third-order valence-electron chi connectivity index (χ3n) is 4.80. The van der Waals surface area contributed by atoms with Gasteiger partial charge in [-0.25, -0.2) is 0 Å². The molecule has 0 radical (unpaired) electrons. The van der Waals surface area contributed by atoms with Crippen LogP contribution in [0.4, 0.5) is 0 Å². The average Bonchev–Trinajstić information content (AvgIpc) is 2.79. The predicted molar refractivity (Wildman–Crippen MR) is 69.3 cm³/mol. The fourth-order valence-corrected chi connectivity index (χ4v) is 3.88. The highest BCUT2D eigenvalue weighted by molar-refractivity contribution is 4.98. The summed E-state index contributed by atoms with van der Waals surface area (Å²) in [5, 5.41) is 0. The van der Waals surface area contributed by atoms with Crippen molar-refractivity contribution in [2.75, 3.05) is 19.8 Å². The Morgan fingerprint density at radius 1 is 1.06 bits per heavy atom. The van der Waals surface area contributed by atoms with Crippen molar-refractivity contribution < 1.29 is 14.2 Å². The summed E-state index contributed by atoms with van der Waals surface area (Å²) in [7, 11) is 0. The summed E-state index contributed by atoms with van der Waals surface area (Å²) in [6.45, 7) is 9.02. The van der Waals surface area contributed by atoms with Gasteiger partial charge in [0.2, 0.25) is 0 Å². The van der Waals surface area contributed by atoms with E-state index in [0.717, 1.165) is 44.5 Å². The second-order valence-corrected chi connectivity index (χ2v) is 7.13. The highest BCUT2D eigenvalue weighted by Crippen LogP contribution is 2.53. The Kier molecular flexibility index (Phi) is 3.20. The van der Waals surface area contributed by atoms with Gasteiger partial charge in [0, 0.05) is 24.9 Å². The van der Waals surface area contributed by atoms with Gasteiger partial charge in [-0.05, 0) is 31.6 Å². The van der Waals surface area contributed by atoms with Crippen LogP contribution in [0.3, 0.4) is 0 Å². The van der Waals surface area contributed by atoms with Crippen LogP contribution in [0.5, 0.6) is 0 Å². The third-order valence-corrected chi connectivity index (χ3v) is 4.80. The van der Waals surface area contributed by atoms with Gasteiger partial charge in [0.05, 0.1) is 19.3 Å². The average molecular weight is 254 g/mol. The number of rotatable bonds is 2. The lowest BCUT2D eigenvalue weighted by Gasteiger charge is -2.42. The molecule has 0 amide bonds. The molecule has 1 spiro atoms. The van der Waals surface area contributed by atoms with E-state index in [-0.39, 0.29) is 11.2 Å². The predicted octanol–water partition coefficient (Wildman–Crippen LogP) is 2.98. The first-order valence-corrected chi connectivity index (χ1v) is 7.41. The van der Waals surface area contributed by atoms with Gasteiger partial charge in [-0.3, -0.25) is 0 Å². The second-order valence-electron chi connectivity index (χ2n) is 7.13. The van der Waals surface area contributed by atoms with Gasteiger partial charge in [-0.2, -0.15) is 0 Å². The van der Waals surface area contributed by atoms with Crippen molar-refractivity contribution in [2.45, 2.75) is 58.3 Å². The maximum Gasteiger partial charge on any atom is 0.168 e. The van der Waals surface area contributed by atoms with E-state index in [2.05, 4.69) is 20.8 Å². The Bertz CT molecular complexity index is 287. The van der Waals surface area contributed by atoms with Crippen molar-refractivity contribution in [1.82, 2.24) is 0 Å². The minimum Gasteiger partial charge on any atom is -0.378 e. The highest BCUT2D eigenvalue weighted by Gasteiger charge is 2.53. The van der Waals surface area contributed by atoms with Gasteiger partial charge in [0.25, 0.3) is 0 Å². The van der Waals surface area contributed by atoms with Gasteiger partial charge >= 0.3 is 0 Å². The molecule has 2 aliphatic carbocycles. The third kappa shape index (κ3) is 2.33. The molecule has 3 nitrogen and oxygen atoms in total. The molecule has 1 saturated heterocycles. The van der Waals surface area contributed by atoms with E-state index in [1.54, 1.807) is 0 Å². The number of ether oxygens (including phenoxy) is 3. The molecule has 2 saturated carbocycles. The first-order chi connectivity index (χ1) is 8.52. The van der Waals surface area contributed by atoms with Crippen molar-refractivity contribution in [3.8, 4) is 0 Å². The van der Waals surface area contributed by atoms with Crippen LogP contribution in [0.2, 0.25) is 0 Å². The van der Waals surface area contributed by atoms with Gasteiger partial charge in [0.1, 0.15) is 0 Å². The highest BCUT2D eigenvalue weighted by atomic mass is 16.7. The van der Waals surface area contributed by atoms with E-state index < -0.39 is 0 Å². The Morgan fingerprint density at radius 3 is 2.11 bits per heavy atom. The van der Waals surface area contributed by atoms with E-state index in [4.69, 9.17) is 14.2 Å². The molecule has 104 valence electrons.